The van der Waals surface area contributed by atoms with Crippen LogP contribution in [0, 0.1) is 33.8 Å². The second kappa shape index (κ2) is 9.21. The van der Waals surface area contributed by atoms with E-state index in [0.717, 1.165) is 23.5 Å². The molecule has 0 fully saturated rings. The van der Waals surface area contributed by atoms with E-state index in [-0.39, 0.29) is 39.6 Å². The van der Waals surface area contributed by atoms with Crippen molar-refractivity contribution in [2.24, 2.45) is 0 Å². The summed E-state index contributed by atoms with van der Waals surface area (Å²) in [6.45, 7) is 9.53. The molecule has 0 saturated heterocycles. The quantitative estimate of drug-likeness (QED) is 0.548. The number of hydrogen-bond acceptors (Lipinski definition) is 3. The molecule has 3 nitrogen and oxygen atoms in total. The van der Waals surface area contributed by atoms with Crippen LogP contribution in [-0.2, 0) is 39.6 Å². The summed E-state index contributed by atoms with van der Waals surface area (Å²) in [6.07, 6.45) is 2.85. The Kier molecular flexibility index (Phi) is 10.7. The molecule has 0 saturated carbocycles. The molecule has 1 heterocycles. The molecule has 0 aliphatic carbocycles. The van der Waals surface area contributed by atoms with Crippen molar-refractivity contribution in [3.63, 3.8) is 0 Å². The zero-order chi connectivity index (χ0) is 10.6. The number of hydrogen-bond donors (Lipinski definition) is 0. The van der Waals surface area contributed by atoms with E-state index in [0.29, 0.717) is 5.88 Å². The van der Waals surface area contributed by atoms with Crippen LogP contribution in [0.4, 0.5) is 0 Å². The van der Waals surface area contributed by atoms with Crippen molar-refractivity contribution in [3.05, 3.63) is 30.1 Å². The van der Waals surface area contributed by atoms with E-state index in [1.165, 1.54) is 0 Å². The third-order valence-electron chi connectivity index (χ3n) is 1.98. The molecular formula is C11H16N2OVW-2. The van der Waals surface area contributed by atoms with Gasteiger partial charge in [-0.15, -0.1) is 0 Å². The minimum absolute atomic E-state index is 0. The molecule has 0 atom stereocenters. The van der Waals surface area contributed by atoms with Gasteiger partial charge < -0.3 is 11.2 Å². The zero-order valence-corrected chi connectivity index (χ0v) is 14.4. The number of aryl methyl sites for hydroxylation is 2. The van der Waals surface area contributed by atoms with E-state index < -0.39 is 0 Å². The maximum Gasteiger partial charge on any atom is 0.187 e. The van der Waals surface area contributed by atoms with Gasteiger partial charge in [0.15, 0.2) is 5.88 Å². The van der Waals surface area contributed by atoms with Gasteiger partial charge in [-0.2, -0.15) is 13.5 Å². The first-order chi connectivity index (χ1) is 6.65. The Morgan fingerprint density at radius 1 is 1.19 bits per heavy atom. The molecule has 0 amide bonds. The van der Waals surface area contributed by atoms with Crippen molar-refractivity contribution < 1.29 is 44.4 Å². The standard InChI is InChI=1S/C11H16N2O.V.W/c1-5-6-7-14-11-8(2)9(3)12-10(4)13-11;;/h5,7H,6H2,1-4H3;;/q-2;;. The largest absolute Gasteiger partial charge is 0.651 e. The second-order valence-electron chi connectivity index (χ2n) is 3.21. The van der Waals surface area contributed by atoms with Gasteiger partial charge in [0.05, 0.1) is 0 Å². The Balaban J connectivity index is 0. The predicted molar refractivity (Wildman–Crippen MR) is 55.8 cm³/mol. The Morgan fingerprint density at radius 2 is 1.81 bits per heavy atom. The first-order valence-electron chi connectivity index (χ1n) is 4.73. The van der Waals surface area contributed by atoms with Crippen molar-refractivity contribution in [3.8, 4) is 5.88 Å². The second-order valence-corrected chi connectivity index (χ2v) is 3.21. The van der Waals surface area contributed by atoms with E-state index in [2.05, 4.69) is 9.97 Å². The summed E-state index contributed by atoms with van der Waals surface area (Å²) in [6, 6.07) is 0. The van der Waals surface area contributed by atoms with Crippen molar-refractivity contribution in [2.45, 2.75) is 34.1 Å². The summed E-state index contributed by atoms with van der Waals surface area (Å²) in [7, 11) is 0. The predicted octanol–water partition coefficient (Wildman–Crippen LogP) is 2.55. The first-order valence-corrected chi connectivity index (χ1v) is 4.73. The number of nitrogens with zero attached hydrogens (tertiary/aromatic N) is 2. The molecule has 5 heteroatoms. The van der Waals surface area contributed by atoms with Crippen LogP contribution >= 0.6 is 0 Å². The maximum atomic E-state index is 5.43. The molecule has 1 aromatic heterocycles. The Morgan fingerprint density at radius 3 is 2.38 bits per heavy atom. The molecule has 0 aliphatic heterocycles. The molecule has 89 valence electrons. The summed E-state index contributed by atoms with van der Waals surface area (Å²) in [5.74, 6) is 1.41. The minimum atomic E-state index is 0. The average Bonchev–Trinajstić information content (AvgIpc) is 2.13. The van der Waals surface area contributed by atoms with Crippen LogP contribution in [0.3, 0.4) is 0 Å². The van der Waals surface area contributed by atoms with Crippen LogP contribution < -0.4 is 4.74 Å². The van der Waals surface area contributed by atoms with Gasteiger partial charge in [0, 0.05) is 50.9 Å². The van der Waals surface area contributed by atoms with Crippen LogP contribution in [0.2, 0.25) is 0 Å². The molecule has 16 heavy (non-hydrogen) atoms. The van der Waals surface area contributed by atoms with E-state index in [4.69, 9.17) is 4.74 Å². The van der Waals surface area contributed by atoms with Crippen LogP contribution in [0.15, 0.2) is 0 Å². The smallest absolute Gasteiger partial charge is 0.187 e. The van der Waals surface area contributed by atoms with Gasteiger partial charge >= 0.3 is 0 Å². The zero-order valence-electron chi connectivity index (χ0n) is 10.0. The molecule has 0 aliphatic rings. The molecular weight excluding hydrogens is 411 g/mol. The van der Waals surface area contributed by atoms with Gasteiger partial charge in [-0.25, -0.2) is 9.97 Å². The summed E-state index contributed by atoms with van der Waals surface area (Å²) in [5.41, 5.74) is 1.98. The molecule has 1 aromatic rings. The fraction of sp³-hybridized carbons (Fsp3) is 0.455. The van der Waals surface area contributed by atoms with Gasteiger partial charge in [-0.3, -0.25) is 6.42 Å². The van der Waals surface area contributed by atoms with Crippen molar-refractivity contribution in [1.82, 2.24) is 9.97 Å². The molecule has 0 spiro atoms. The topological polar surface area (TPSA) is 35.0 Å². The monoisotopic (exact) mass is 427 g/mol. The SMILES string of the molecule is C[CH-]C[CH-]Oc1nc(C)nc(C)c1C.[V].[W]. The molecule has 0 unspecified atom stereocenters. The molecule has 0 aromatic carbocycles. The third-order valence-corrected chi connectivity index (χ3v) is 1.98. The number of ether oxygens (including phenoxy) is 1. The molecule has 0 N–H and O–H groups in total. The Labute approximate surface area is 124 Å². The van der Waals surface area contributed by atoms with Gasteiger partial charge in [-0.1, -0.05) is 0 Å². The number of aromatic nitrogens is 2. The third kappa shape index (κ3) is 5.47. The van der Waals surface area contributed by atoms with E-state index in [1.807, 2.05) is 34.1 Å². The van der Waals surface area contributed by atoms with E-state index >= 15 is 0 Å². The van der Waals surface area contributed by atoms with E-state index in [9.17, 15) is 0 Å². The number of unbranched alkanes of at least 4 members (excludes halogenated alkanes) is 1. The molecule has 1 rings (SSSR count). The summed E-state index contributed by atoms with van der Waals surface area (Å²) >= 11 is 0. The number of rotatable bonds is 4. The summed E-state index contributed by atoms with van der Waals surface area (Å²) in [4.78, 5) is 8.48. The van der Waals surface area contributed by atoms with Crippen molar-refractivity contribution in [2.75, 3.05) is 0 Å². The van der Waals surface area contributed by atoms with Crippen LogP contribution in [-0.4, -0.2) is 9.97 Å². The normalized spacial score (nSPS) is 9.00. The Hall–Kier alpha value is 0.153. The molecule has 0 bridgehead atoms. The summed E-state index contributed by atoms with van der Waals surface area (Å²) in [5, 5.41) is 0. The van der Waals surface area contributed by atoms with Gasteiger partial charge in [0.2, 0.25) is 0 Å². The van der Waals surface area contributed by atoms with Gasteiger partial charge in [0.25, 0.3) is 0 Å². The maximum absolute atomic E-state index is 5.43. The van der Waals surface area contributed by atoms with Crippen LogP contribution in [0.1, 0.15) is 30.4 Å². The summed E-state index contributed by atoms with van der Waals surface area (Å²) < 4.78 is 5.43. The van der Waals surface area contributed by atoms with Crippen molar-refractivity contribution in [1.29, 1.82) is 0 Å². The van der Waals surface area contributed by atoms with Gasteiger partial charge in [0.1, 0.15) is 5.82 Å². The molecule has 1 radical (unpaired) electrons. The fourth-order valence-electron chi connectivity index (χ4n) is 1.08. The van der Waals surface area contributed by atoms with E-state index in [1.54, 1.807) is 6.61 Å². The Bertz CT molecular complexity index is 321. The van der Waals surface area contributed by atoms with Crippen LogP contribution in [0.25, 0.3) is 0 Å². The minimum Gasteiger partial charge on any atom is -0.651 e. The van der Waals surface area contributed by atoms with Crippen LogP contribution in [0.5, 0.6) is 5.88 Å². The average molecular weight is 427 g/mol. The first kappa shape index (κ1) is 18.5. The fourth-order valence-corrected chi connectivity index (χ4v) is 1.08. The van der Waals surface area contributed by atoms with Crippen molar-refractivity contribution >= 4 is 0 Å². The van der Waals surface area contributed by atoms with Gasteiger partial charge in [-0.05, 0) is 20.8 Å².